The fourth-order valence-corrected chi connectivity index (χ4v) is 4.42. The molecule has 0 saturated carbocycles. The van der Waals surface area contributed by atoms with Crippen LogP contribution in [0.2, 0.25) is 0 Å². The fourth-order valence-electron chi connectivity index (χ4n) is 3.70. The molecule has 1 aliphatic rings. The number of hydrogen-bond acceptors (Lipinski definition) is 8. The van der Waals surface area contributed by atoms with Gasteiger partial charge in [0.2, 0.25) is 9.84 Å². The molecule has 2 aromatic heterocycles. The SMILES string of the molecule is CCS(=O)(=O)c1nc(N)c2c(n1)n(Cc1ccccc1)c(=O)n2C(O)N1CCCC1. The largest absolute Gasteiger partial charge is 0.382 e. The van der Waals surface area contributed by atoms with Gasteiger partial charge in [0.1, 0.15) is 5.52 Å². The summed E-state index contributed by atoms with van der Waals surface area (Å²) in [6, 6.07) is 9.24. The van der Waals surface area contributed by atoms with Gasteiger partial charge in [0.25, 0.3) is 5.16 Å². The molecular formula is C19H24N6O4S. The van der Waals surface area contributed by atoms with Crippen molar-refractivity contribution in [2.75, 3.05) is 24.6 Å². The van der Waals surface area contributed by atoms with E-state index in [4.69, 9.17) is 5.73 Å². The van der Waals surface area contributed by atoms with Crippen LogP contribution in [-0.2, 0) is 16.4 Å². The lowest BCUT2D eigenvalue weighted by Crippen LogP contribution is -2.37. The lowest BCUT2D eigenvalue weighted by Gasteiger charge is -2.23. The van der Waals surface area contributed by atoms with Gasteiger partial charge in [0.15, 0.2) is 17.8 Å². The van der Waals surface area contributed by atoms with Crippen LogP contribution in [0.4, 0.5) is 5.82 Å². The highest BCUT2D eigenvalue weighted by atomic mass is 32.2. The summed E-state index contributed by atoms with van der Waals surface area (Å²) >= 11 is 0. The maximum absolute atomic E-state index is 13.3. The average Bonchev–Trinajstić information content (AvgIpc) is 3.36. The van der Waals surface area contributed by atoms with Crippen LogP contribution in [0.5, 0.6) is 0 Å². The van der Waals surface area contributed by atoms with Gasteiger partial charge in [0, 0.05) is 13.1 Å². The summed E-state index contributed by atoms with van der Waals surface area (Å²) in [5.41, 5.74) is 6.62. The molecule has 0 bridgehead atoms. The summed E-state index contributed by atoms with van der Waals surface area (Å²) in [6.07, 6.45) is 0.595. The minimum absolute atomic E-state index is 0.0848. The molecule has 3 heterocycles. The van der Waals surface area contributed by atoms with Gasteiger partial charge in [-0.1, -0.05) is 37.3 Å². The van der Waals surface area contributed by atoms with Crippen LogP contribution in [0, 0.1) is 0 Å². The fraction of sp³-hybridized carbons (Fsp3) is 0.421. The van der Waals surface area contributed by atoms with Gasteiger partial charge in [-0.3, -0.25) is 9.47 Å². The molecule has 3 N–H and O–H groups in total. The normalized spacial score (nSPS) is 16.3. The minimum atomic E-state index is -3.74. The summed E-state index contributed by atoms with van der Waals surface area (Å²) in [6.45, 7) is 2.92. The van der Waals surface area contributed by atoms with Crippen LogP contribution in [0.25, 0.3) is 11.2 Å². The standard InChI is InChI=1S/C19H24N6O4S/c1-2-30(28,29)17-21-15(20)14-16(22-17)24(12-13-8-4-3-5-9-13)19(27)25(14)18(26)23-10-6-7-11-23/h3-5,8-9,18,26H,2,6-7,10-12H2,1H3,(H2,20,21,22). The Balaban J connectivity index is 1.97. The molecule has 11 heteroatoms. The lowest BCUT2D eigenvalue weighted by molar-refractivity contribution is -0.0405. The van der Waals surface area contributed by atoms with Gasteiger partial charge < -0.3 is 10.8 Å². The van der Waals surface area contributed by atoms with Crippen molar-refractivity contribution in [3.8, 4) is 0 Å². The molecule has 1 fully saturated rings. The number of rotatable bonds is 6. The maximum Gasteiger partial charge on any atom is 0.333 e. The second-order valence-electron chi connectivity index (χ2n) is 7.28. The van der Waals surface area contributed by atoms with E-state index < -0.39 is 27.0 Å². The van der Waals surface area contributed by atoms with Crippen LogP contribution in [0.3, 0.4) is 0 Å². The third-order valence-corrected chi connectivity index (χ3v) is 6.84. The number of aromatic nitrogens is 4. The number of sulfone groups is 1. The van der Waals surface area contributed by atoms with E-state index in [1.807, 2.05) is 30.3 Å². The van der Waals surface area contributed by atoms with Gasteiger partial charge in [0.05, 0.1) is 12.3 Å². The molecule has 3 aromatic rings. The molecule has 0 spiro atoms. The molecule has 1 atom stereocenters. The van der Waals surface area contributed by atoms with Crippen LogP contribution in [0.1, 0.15) is 31.7 Å². The van der Waals surface area contributed by atoms with Crippen LogP contribution in [0.15, 0.2) is 40.3 Å². The van der Waals surface area contributed by atoms with Gasteiger partial charge in [-0.05, 0) is 18.4 Å². The third kappa shape index (κ3) is 3.48. The zero-order valence-corrected chi connectivity index (χ0v) is 17.4. The van der Waals surface area contributed by atoms with Gasteiger partial charge >= 0.3 is 5.69 Å². The first-order chi connectivity index (χ1) is 14.3. The predicted molar refractivity (Wildman–Crippen MR) is 112 cm³/mol. The number of likely N-dealkylation sites (tertiary alicyclic amines) is 1. The number of imidazole rings is 1. The smallest absolute Gasteiger partial charge is 0.333 e. The van der Waals surface area contributed by atoms with Gasteiger partial charge in [-0.2, -0.15) is 9.97 Å². The van der Waals surface area contributed by atoms with E-state index in [-0.39, 0.29) is 29.3 Å². The highest BCUT2D eigenvalue weighted by molar-refractivity contribution is 7.91. The number of nitrogen functional groups attached to an aromatic ring is 1. The van der Waals surface area contributed by atoms with E-state index in [0.29, 0.717) is 13.1 Å². The molecule has 1 saturated heterocycles. The van der Waals surface area contributed by atoms with Crippen molar-refractivity contribution >= 4 is 26.8 Å². The van der Waals surface area contributed by atoms with Gasteiger partial charge in [-0.25, -0.2) is 17.8 Å². The van der Waals surface area contributed by atoms with Crippen molar-refractivity contribution in [1.82, 2.24) is 24.0 Å². The molecule has 160 valence electrons. The van der Waals surface area contributed by atoms with E-state index in [1.54, 1.807) is 4.90 Å². The molecule has 1 aromatic carbocycles. The van der Waals surface area contributed by atoms with Crippen LogP contribution >= 0.6 is 0 Å². The van der Waals surface area contributed by atoms with Crippen molar-refractivity contribution < 1.29 is 13.5 Å². The van der Waals surface area contributed by atoms with E-state index in [0.717, 1.165) is 23.0 Å². The zero-order chi connectivity index (χ0) is 21.5. The zero-order valence-electron chi connectivity index (χ0n) is 16.6. The molecule has 0 aliphatic carbocycles. The van der Waals surface area contributed by atoms with Crippen molar-refractivity contribution in [3.05, 3.63) is 46.4 Å². The van der Waals surface area contributed by atoms with E-state index in [9.17, 15) is 18.3 Å². The Morgan fingerprint density at radius 2 is 1.83 bits per heavy atom. The Morgan fingerprint density at radius 1 is 1.17 bits per heavy atom. The number of nitrogens with two attached hydrogens (primary N) is 1. The summed E-state index contributed by atoms with van der Waals surface area (Å²) in [7, 11) is -3.74. The second kappa shape index (κ2) is 7.82. The van der Waals surface area contributed by atoms with E-state index in [2.05, 4.69) is 9.97 Å². The summed E-state index contributed by atoms with van der Waals surface area (Å²) in [5.74, 6) is -0.355. The first-order valence-electron chi connectivity index (χ1n) is 9.80. The Labute approximate surface area is 173 Å². The maximum atomic E-state index is 13.3. The molecular weight excluding hydrogens is 408 g/mol. The number of aliphatic hydroxyl groups excluding tert-OH is 1. The number of benzene rings is 1. The molecule has 0 radical (unpaired) electrons. The predicted octanol–water partition coefficient (Wildman–Crippen LogP) is 0.561. The number of nitrogens with zero attached hydrogens (tertiary/aromatic N) is 5. The van der Waals surface area contributed by atoms with Crippen molar-refractivity contribution in [3.63, 3.8) is 0 Å². The second-order valence-corrected chi connectivity index (χ2v) is 9.45. The quantitative estimate of drug-likeness (QED) is 0.539. The lowest BCUT2D eigenvalue weighted by atomic mass is 10.2. The highest BCUT2D eigenvalue weighted by Gasteiger charge is 2.30. The van der Waals surface area contributed by atoms with Crippen molar-refractivity contribution in [1.29, 1.82) is 0 Å². The molecule has 10 nitrogen and oxygen atoms in total. The minimum Gasteiger partial charge on any atom is -0.382 e. The monoisotopic (exact) mass is 432 g/mol. The van der Waals surface area contributed by atoms with Crippen molar-refractivity contribution in [2.24, 2.45) is 0 Å². The number of fused-ring (bicyclic) bond motifs is 1. The first kappa shape index (κ1) is 20.5. The molecule has 1 aliphatic heterocycles. The Bertz CT molecular complexity index is 1230. The van der Waals surface area contributed by atoms with E-state index >= 15 is 0 Å². The summed E-state index contributed by atoms with van der Waals surface area (Å²) < 4.78 is 27.2. The third-order valence-electron chi connectivity index (χ3n) is 5.35. The Morgan fingerprint density at radius 3 is 2.47 bits per heavy atom. The topological polar surface area (TPSA) is 136 Å². The number of aliphatic hydroxyl groups is 1. The van der Waals surface area contributed by atoms with Crippen LogP contribution < -0.4 is 11.4 Å². The average molecular weight is 433 g/mol. The molecule has 30 heavy (non-hydrogen) atoms. The van der Waals surface area contributed by atoms with Gasteiger partial charge in [-0.15, -0.1) is 0 Å². The van der Waals surface area contributed by atoms with Crippen LogP contribution in [-0.4, -0.2) is 56.4 Å². The summed E-state index contributed by atoms with van der Waals surface area (Å²) in [5, 5.41) is 10.5. The number of anilines is 1. The van der Waals surface area contributed by atoms with Crippen molar-refractivity contribution in [2.45, 2.75) is 37.8 Å². The Kier molecular flexibility index (Phi) is 5.35. The molecule has 4 rings (SSSR count). The first-order valence-corrected chi connectivity index (χ1v) is 11.5. The number of hydrogen-bond donors (Lipinski definition) is 2. The molecule has 0 amide bonds. The molecule has 1 unspecified atom stereocenters. The highest BCUT2D eigenvalue weighted by Crippen LogP contribution is 2.25. The van der Waals surface area contributed by atoms with E-state index in [1.165, 1.54) is 11.5 Å². The summed E-state index contributed by atoms with van der Waals surface area (Å²) in [4.78, 5) is 23.3. The Hall–Kier alpha value is -2.76.